The molecular weight excluding hydrogens is 198 g/mol. The molecule has 2 rings (SSSR count). The fourth-order valence-corrected chi connectivity index (χ4v) is 1.74. The smallest absolute Gasteiger partial charge is 0.0964 e. The second-order valence-corrected chi connectivity index (χ2v) is 3.88. The SMILES string of the molecule is CNCc1cn(Cc2cncs2)nn1. The predicted molar refractivity (Wildman–Crippen MR) is 54.0 cm³/mol. The zero-order chi connectivity index (χ0) is 9.80. The highest BCUT2D eigenvalue weighted by atomic mass is 32.1. The molecule has 2 heterocycles. The maximum atomic E-state index is 4.02. The monoisotopic (exact) mass is 209 g/mol. The fraction of sp³-hybridized carbons (Fsp3) is 0.375. The summed E-state index contributed by atoms with van der Waals surface area (Å²) in [6.07, 6.45) is 3.79. The molecule has 0 saturated carbocycles. The van der Waals surface area contributed by atoms with E-state index < -0.39 is 0 Å². The molecule has 14 heavy (non-hydrogen) atoms. The standard InChI is InChI=1S/C8H11N5S/c1-9-2-7-4-13(12-11-7)5-8-3-10-6-14-8/h3-4,6,9H,2,5H2,1H3. The lowest BCUT2D eigenvalue weighted by Crippen LogP contribution is -2.05. The van der Waals surface area contributed by atoms with Crippen molar-refractivity contribution < 1.29 is 0 Å². The second kappa shape index (κ2) is 4.30. The number of nitrogens with zero attached hydrogens (tertiary/aromatic N) is 4. The van der Waals surface area contributed by atoms with Crippen LogP contribution in [-0.4, -0.2) is 27.0 Å². The Bertz CT molecular complexity index is 380. The van der Waals surface area contributed by atoms with Crippen LogP contribution in [0.3, 0.4) is 0 Å². The van der Waals surface area contributed by atoms with Crippen LogP contribution >= 0.6 is 11.3 Å². The zero-order valence-corrected chi connectivity index (χ0v) is 8.66. The van der Waals surface area contributed by atoms with Gasteiger partial charge in [0.15, 0.2) is 0 Å². The maximum Gasteiger partial charge on any atom is 0.0964 e. The Hall–Kier alpha value is -1.27. The first-order valence-corrected chi connectivity index (χ1v) is 5.17. The minimum absolute atomic E-state index is 0.751. The third-order valence-electron chi connectivity index (χ3n) is 1.75. The Morgan fingerprint density at radius 3 is 3.21 bits per heavy atom. The van der Waals surface area contributed by atoms with Crippen molar-refractivity contribution in [3.63, 3.8) is 0 Å². The highest BCUT2D eigenvalue weighted by Gasteiger charge is 2.01. The molecule has 0 fully saturated rings. The van der Waals surface area contributed by atoms with Gasteiger partial charge in [0.05, 0.1) is 23.9 Å². The Balaban J connectivity index is 2.03. The fourth-order valence-electron chi connectivity index (χ4n) is 1.16. The van der Waals surface area contributed by atoms with Gasteiger partial charge in [0.25, 0.3) is 0 Å². The molecule has 2 aromatic heterocycles. The molecule has 0 aliphatic carbocycles. The van der Waals surface area contributed by atoms with Crippen molar-refractivity contribution in [1.29, 1.82) is 0 Å². The third kappa shape index (κ3) is 2.15. The van der Waals surface area contributed by atoms with E-state index in [9.17, 15) is 0 Å². The van der Waals surface area contributed by atoms with Crippen LogP contribution in [0, 0.1) is 0 Å². The van der Waals surface area contributed by atoms with Gasteiger partial charge in [0, 0.05) is 17.6 Å². The molecule has 0 aliphatic heterocycles. The average Bonchev–Trinajstić information content (AvgIpc) is 2.79. The van der Waals surface area contributed by atoms with Crippen molar-refractivity contribution in [2.24, 2.45) is 0 Å². The van der Waals surface area contributed by atoms with Crippen LogP contribution in [-0.2, 0) is 13.1 Å². The molecule has 0 aliphatic rings. The van der Waals surface area contributed by atoms with E-state index in [4.69, 9.17) is 0 Å². The number of nitrogens with one attached hydrogen (secondary N) is 1. The second-order valence-electron chi connectivity index (χ2n) is 2.91. The Morgan fingerprint density at radius 1 is 1.57 bits per heavy atom. The lowest BCUT2D eigenvalue weighted by atomic mass is 10.5. The summed E-state index contributed by atoms with van der Waals surface area (Å²) in [5.74, 6) is 0. The highest BCUT2D eigenvalue weighted by molar-refractivity contribution is 7.09. The van der Waals surface area contributed by atoms with Crippen molar-refractivity contribution >= 4 is 11.3 Å². The first kappa shape index (κ1) is 9.29. The van der Waals surface area contributed by atoms with Gasteiger partial charge in [-0.25, -0.2) is 4.68 Å². The average molecular weight is 209 g/mol. The molecule has 0 unspecified atom stereocenters. The van der Waals surface area contributed by atoms with E-state index in [2.05, 4.69) is 20.6 Å². The molecule has 6 heteroatoms. The number of aromatic nitrogens is 4. The molecule has 0 amide bonds. The summed E-state index contributed by atoms with van der Waals surface area (Å²) in [5.41, 5.74) is 2.78. The summed E-state index contributed by atoms with van der Waals surface area (Å²) in [7, 11) is 1.89. The molecule has 0 bridgehead atoms. The van der Waals surface area contributed by atoms with E-state index in [1.54, 1.807) is 11.3 Å². The van der Waals surface area contributed by atoms with Crippen LogP contribution in [0.15, 0.2) is 17.9 Å². The van der Waals surface area contributed by atoms with Crippen LogP contribution in [0.4, 0.5) is 0 Å². The van der Waals surface area contributed by atoms with Gasteiger partial charge >= 0.3 is 0 Å². The molecule has 0 atom stereocenters. The van der Waals surface area contributed by atoms with Gasteiger partial charge in [-0.2, -0.15) is 0 Å². The highest BCUT2D eigenvalue weighted by Crippen LogP contribution is 2.07. The van der Waals surface area contributed by atoms with Crippen LogP contribution in [0.25, 0.3) is 0 Å². The topological polar surface area (TPSA) is 55.6 Å². The normalized spacial score (nSPS) is 10.6. The van der Waals surface area contributed by atoms with E-state index in [1.165, 1.54) is 4.88 Å². The van der Waals surface area contributed by atoms with Gasteiger partial charge < -0.3 is 5.32 Å². The maximum absolute atomic E-state index is 4.02. The van der Waals surface area contributed by atoms with Crippen molar-refractivity contribution in [3.05, 3.63) is 28.5 Å². The zero-order valence-electron chi connectivity index (χ0n) is 7.84. The van der Waals surface area contributed by atoms with Crippen molar-refractivity contribution in [2.45, 2.75) is 13.1 Å². The first-order valence-electron chi connectivity index (χ1n) is 4.29. The first-order chi connectivity index (χ1) is 6.88. The van der Waals surface area contributed by atoms with Crippen molar-refractivity contribution in [3.8, 4) is 0 Å². The Kier molecular flexibility index (Phi) is 2.85. The molecule has 74 valence electrons. The summed E-state index contributed by atoms with van der Waals surface area (Å²) < 4.78 is 1.82. The number of thiazole rings is 1. The van der Waals surface area contributed by atoms with Gasteiger partial charge in [-0.1, -0.05) is 5.21 Å². The predicted octanol–water partition coefficient (Wildman–Crippen LogP) is 0.502. The Morgan fingerprint density at radius 2 is 2.50 bits per heavy atom. The Labute approximate surface area is 85.8 Å². The van der Waals surface area contributed by atoms with E-state index in [0.29, 0.717) is 0 Å². The summed E-state index contributed by atoms with van der Waals surface area (Å²) >= 11 is 1.63. The molecular formula is C8H11N5S. The lowest BCUT2D eigenvalue weighted by molar-refractivity contribution is 0.654. The van der Waals surface area contributed by atoms with Gasteiger partial charge in [-0.15, -0.1) is 16.4 Å². The van der Waals surface area contributed by atoms with Crippen LogP contribution in [0.2, 0.25) is 0 Å². The summed E-state index contributed by atoms with van der Waals surface area (Å²) in [5, 5.41) is 11.1. The summed E-state index contributed by atoms with van der Waals surface area (Å²) in [6, 6.07) is 0. The number of hydrogen-bond donors (Lipinski definition) is 1. The quantitative estimate of drug-likeness (QED) is 0.796. The molecule has 0 aromatic carbocycles. The lowest BCUT2D eigenvalue weighted by Gasteiger charge is -1.94. The van der Waals surface area contributed by atoms with Gasteiger partial charge in [0.2, 0.25) is 0 Å². The molecule has 0 radical (unpaired) electrons. The largest absolute Gasteiger partial charge is 0.314 e. The minimum Gasteiger partial charge on any atom is -0.314 e. The van der Waals surface area contributed by atoms with E-state index >= 15 is 0 Å². The molecule has 2 aromatic rings. The van der Waals surface area contributed by atoms with Crippen molar-refractivity contribution in [2.75, 3.05) is 7.05 Å². The molecule has 0 saturated heterocycles. The van der Waals surface area contributed by atoms with E-state index in [1.807, 2.05) is 29.6 Å². The van der Waals surface area contributed by atoms with Crippen LogP contribution in [0.1, 0.15) is 10.6 Å². The third-order valence-corrected chi connectivity index (χ3v) is 2.51. The molecule has 1 N–H and O–H groups in total. The minimum atomic E-state index is 0.751. The summed E-state index contributed by atoms with van der Waals surface area (Å²) in [6.45, 7) is 1.50. The number of rotatable bonds is 4. The van der Waals surface area contributed by atoms with E-state index in [0.717, 1.165) is 18.8 Å². The van der Waals surface area contributed by atoms with Crippen molar-refractivity contribution in [1.82, 2.24) is 25.3 Å². The van der Waals surface area contributed by atoms with Crippen LogP contribution < -0.4 is 5.32 Å². The van der Waals surface area contributed by atoms with Gasteiger partial charge in [0.1, 0.15) is 0 Å². The van der Waals surface area contributed by atoms with Gasteiger partial charge in [-0.05, 0) is 7.05 Å². The molecule has 5 nitrogen and oxygen atoms in total. The summed E-state index contributed by atoms with van der Waals surface area (Å²) in [4.78, 5) is 5.19. The molecule has 0 spiro atoms. The van der Waals surface area contributed by atoms with Crippen LogP contribution in [0.5, 0.6) is 0 Å². The van der Waals surface area contributed by atoms with E-state index in [-0.39, 0.29) is 0 Å². The number of hydrogen-bond acceptors (Lipinski definition) is 5. The van der Waals surface area contributed by atoms with Gasteiger partial charge in [-0.3, -0.25) is 4.98 Å².